The van der Waals surface area contributed by atoms with Gasteiger partial charge >= 0.3 is 0 Å². The Labute approximate surface area is 144 Å². The zero-order chi connectivity index (χ0) is 17.3. The van der Waals surface area contributed by atoms with Crippen LogP contribution in [0.15, 0.2) is 11.6 Å². The maximum Gasteiger partial charge on any atom is 0.161 e. The van der Waals surface area contributed by atoms with Crippen LogP contribution in [0.2, 0.25) is 0 Å². The van der Waals surface area contributed by atoms with Crippen molar-refractivity contribution in [1.29, 1.82) is 0 Å². The molecular formula is C21H30O3. The molecule has 4 aliphatic rings. The molecule has 3 saturated carbocycles. The highest BCUT2D eigenvalue weighted by molar-refractivity contribution is 5.91. The second-order valence-electron chi connectivity index (χ2n) is 9.38. The van der Waals surface area contributed by atoms with E-state index in [9.17, 15) is 14.7 Å². The zero-order valence-corrected chi connectivity index (χ0v) is 15.2. The number of aliphatic hydroxyl groups is 1. The first-order chi connectivity index (χ1) is 11.2. The second-order valence-corrected chi connectivity index (χ2v) is 9.38. The van der Waals surface area contributed by atoms with Gasteiger partial charge in [-0.1, -0.05) is 19.4 Å². The Hall–Kier alpha value is -0.960. The van der Waals surface area contributed by atoms with Crippen LogP contribution in [-0.4, -0.2) is 22.3 Å². The summed E-state index contributed by atoms with van der Waals surface area (Å²) in [5, 5.41) is 11.1. The molecule has 0 saturated heterocycles. The number of carbonyl (C=O) groups excluding carboxylic acids is 2. The topological polar surface area (TPSA) is 54.4 Å². The smallest absolute Gasteiger partial charge is 0.161 e. The van der Waals surface area contributed by atoms with E-state index in [1.165, 1.54) is 5.57 Å². The number of fused-ring (bicyclic) bond motifs is 5. The van der Waals surface area contributed by atoms with Gasteiger partial charge in [-0.25, -0.2) is 0 Å². The Balaban J connectivity index is 1.70. The molecule has 0 aromatic heterocycles. The van der Waals surface area contributed by atoms with Crippen LogP contribution in [0.3, 0.4) is 0 Å². The van der Waals surface area contributed by atoms with Crippen molar-refractivity contribution in [3.05, 3.63) is 11.6 Å². The molecule has 3 fully saturated rings. The van der Waals surface area contributed by atoms with E-state index in [1.54, 1.807) is 6.92 Å². The quantitative estimate of drug-likeness (QED) is 0.795. The highest BCUT2D eigenvalue weighted by atomic mass is 16.3. The van der Waals surface area contributed by atoms with E-state index in [-0.39, 0.29) is 16.6 Å². The predicted molar refractivity (Wildman–Crippen MR) is 92.3 cm³/mol. The normalized spacial score (nSPS) is 50.6. The molecule has 0 aromatic carbocycles. The lowest BCUT2D eigenvalue weighted by molar-refractivity contribution is -0.160. The molecular weight excluding hydrogens is 300 g/mol. The van der Waals surface area contributed by atoms with Gasteiger partial charge in [-0.15, -0.1) is 0 Å². The molecule has 0 bridgehead atoms. The Morgan fingerprint density at radius 1 is 1.08 bits per heavy atom. The fourth-order valence-electron chi connectivity index (χ4n) is 7.15. The van der Waals surface area contributed by atoms with Crippen LogP contribution >= 0.6 is 0 Å². The van der Waals surface area contributed by atoms with Crippen molar-refractivity contribution in [3.63, 3.8) is 0 Å². The summed E-state index contributed by atoms with van der Waals surface area (Å²) in [6.07, 6.45) is 9.37. The van der Waals surface area contributed by atoms with Crippen LogP contribution in [0.1, 0.15) is 72.1 Å². The van der Waals surface area contributed by atoms with Gasteiger partial charge in [-0.3, -0.25) is 9.59 Å². The molecule has 0 radical (unpaired) electrons. The third kappa shape index (κ3) is 1.88. The average Bonchev–Trinajstić information content (AvgIpc) is 2.81. The fourth-order valence-corrected chi connectivity index (χ4v) is 7.15. The third-order valence-corrected chi connectivity index (χ3v) is 8.70. The van der Waals surface area contributed by atoms with Gasteiger partial charge in [-0.05, 0) is 81.1 Å². The summed E-state index contributed by atoms with van der Waals surface area (Å²) in [6, 6.07) is 0. The highest BCUT2D eigenvalue weighted by Gasteiger charge is 2.65. The minimum absolute atomic E-state index is 0.0446. The first kappa shape index (κ1) is 16.5. The van der Waals surface area contributed by atoms with Crippen LogP contribution in [0.25, 0.3) is 0 Å². The van der Waals surface area contributed by atoms with E-state index in [2.05, 4.69) is 13.8 Å². The fraction of sp³-hybridized carbons (Fsp3) is 0.810. The second kappa shape index (κ2) is 5.03. The number of Topliss-reactive ketones (excluding diaryl/α,β-unsaturated/α-hetero) is 1. The third-order valence-electron chi connectivity index (χ3n) is 8.70. The van der Waals surface area contributed by atoms with Crippen LogP contribution in [0, 0.1) is 28.6 Å². The van der Waals surface area contributed by atoms with Crippen molar-refractivity contribution in [3.8, 4) is 0 Å². The summed E-state index contributed by atoms with van der Waals surface area (Å²) in [5.74, 6) is 1.90. The van der Waals surface area contributed by atoms with Gasteiger partial charge in [0.1, 0.15) is 5.60 Å². The Bertz CT molecular complexity index is 635. The first-order valence-electron chi connectivity index (χ1n) is 9.70. The zero-order valence-electron chi connectivity index (χ0n) is 15.2. The molecule has 1 N–H and O–H groups in total. The molecule has 6 atom stereocenters. The maximum atomic E-state index is 12.2. The molecule has 0 heterocycles. The molecule has 0 aromatic rings. The summed E-state index contributed by atoms with van der Waals surface area (Å²) in [5.41, 5.74) is 0.155. The first-order valence-corrected chi connectivity index (χ1v) is 9.70. The van der Waals surface area contributed by atoms with Crippen molar-refractivity contribution in [2.45, 2.75) is 77.7 Å². The van der Waals surface area contributed by atoms with Gasteiger partial charge in [-0.2, -0.15) is 0 Å². The molecule has 0 spiro atoms. The Morgan fingerprint density at radius 2 is 1.79 bits per heavy atom. The minimum Gasteiger partial charge on any atom is -0.382 e. The molecule has 132 valence electrons. The number of hydrogen-bond donors (Lipinski definition) is 1. The average molecular weight is 330 g/mol. The largest absolute Gasteiger partial charge is 0.382 e. The number of hydrogen-bond acceptors (Lipinski definition) is 3. The number of rotatable bonds is 1. The molecule has 0 amide bonds. The number of allylic oxidation sites excluding steroid dienone is 1. The summed E-state index contributed by atoms with van der Waals surface area (Å²) >= 11 is 0. The van der Waals surface area contributed by atoms with E-state index in [0.717, 1.165) is 38.5 Å². The molecule has 1 unspecified atom stereocenters. The van der Waals surface area contributed by atoms with Crippen LogP contribution in [0.5, 0.6) is 0 Å². The lowest BCUT2D eigenvalue weighted by Crippen LogP contribution is -2.57. The SMILES string of the molecule is CC(=O)[C@]1(O)CC[C@H]2[C@@H]3CCC4=CC(=O)CC[C@]4(C)C3CC[C@]21C. The number of carbonyl (C=O) groups is 2. The highest BCUT2D eigenvalue weighted by Crippen LogP contribution is 2.67. The monoisotopic (exact) mass is 330 g/mol. The van der Waals surface area contributed by atoms with Crippen molar-refractivity contribution in [1.82, 2.24) is 0 Å². The van der Waals surface area contributed by atoms with Crippen LogP contribution < -0.4 is 0 Å². The summed E-state index contributed by atoms with van der Waals surface area (Å²) in [6.45, 7) is 6.10. The molecule has 3 heteroatoms. The predicted octanol–water partition coefficient (Wildman–Crippen LogP) is 3.84. The lowest BCUT2D eigenvalue weighted by Gasteiger charge is -2.58. The van der Waals surface area contributed by atoms with E-state index >= 15 is 0 Å². The van der Waals surface area contributed by atoms with Gasteiger partial charge in [0, 0.05) is 11.8 Å². The maximum absolute atomic E-state index is 12.2. The van der Waals surface area contributed by atoms with Crippen LogP contribution in [-0.2, 0) is 9.59 Å². The summed E-state index contributed by atoms with van der Waals surface area (Å²) in [7, 11) is 0. The molecule has 24 heavy (non-hydrogen) atoms. The standard InChI is InChI=1S/C21H30O3/c1-13(22)21(24)11-8-18-16-5-4-14-12-15(23)6-9-19(14,2)17(16)7-10-20(18,21)3/h12,16-18,24H,4-11H2,1-3H3/t16-,17?,18+,19+,20-,21-/m1/s1. The molecule has 0 aliphatic heterocycles. The Morgan fingerprint density at radius 3 is 2.50 bits per heavy atom. The van der Waals surface area contributed by atoms with Crippen molar-refractivity contribution < 1.29 is 14.7 Å². The van der Waals surface area contributed by atoms with Gasteiger partial charge in [0.15, 0.2) is 11.6 Å². The van der Waals surface area contributed by atoms with Gasteiger partial charge in [0.25, 0.3) is 0 Å². The molecule has 4 rings (SSSR count). The van der Waals surface area contributed by atoms with Gasteiger partial charge in [0.05, 0.1) is 0 Å². The Kier molecular flexibility index (Phi) is 3.46. The van der Waals surface area contributed by atoms with E-state index in [1.807, 2.05) is 6.08 Å². The summed E-state index contributed by atoms with van der Waals surface area (Å²) in [4.78, 5) is 24.1. The van der Waals surface area contributed by atoms with E-state index in [4.69, 9.17) is 0 Å². The lowest BCUT2D eigenvalue weighted by atomic mass is 9.46. The minimum atomic E-state index is -1.12. The van der Waals surface area contributed by atoms with E-state index < -0.39 is 5.60 Å². The number of ketones is 2. The summed E-state index contributed by atoms with van der Waals surface area (Å²) < 4.78 is 0. The van der Waals surface area contributed by atoms with Gasteiger partial charge in [0.2, 0.25) is 0 Å². The molecule has 4 aliphatic carbocycles. The van der Waals surface area contributed by atoms with Gasteiger partial charge < -0.3 is 5.11 Å². The van der Waals surface area contributed by atoms with E-state index in [0.29, 0.717) is 36.4 Å². The van der Waals surface area contributed by atoms with Crippen LogP contribution in [0.4, 0.5) is 0 Å². The van der Waals surface area contributed by atoms with Crippen molar-refractivity contribution >= 4 is 11.6 Å². The van der Waals surface area contributed by atoms with Crippen molar-refractivity contribution in [2.24, 2.45) is 28.6 Å². The van der Waals surface area contributed by atoms with Crippen molar-refractivity contribution in [2.75, 3.05) is 0 Å². The molecule has 3 nitrogen and oxygen atoms in total.